The van der Waals surface area contributed by atoms with Crippen LogP contribution >= 0.6 is 34.4 Å². The van der Waals surface area contributed by atoms with Gasteiger partial charge in [-0.2, -0.15) is 0 Å². The van der Waals surface area contributed by atoms with E-state index in [1.807, 2.05) is 45.9 Å². The average Bonchev–Trinajstić information content (AvgIpc) is 2.88. The number of aliphatic imine (C=N–C) groups is 1. The minimum Gasteiger partial charge on any atom is -0.493 e. The summed E-state index contributed by atoms with van der Waals surface area (Å²) in [5, 5.41) is 0.742. The number of amides is 1. The molecule has 5 nitrogen and oxygen atoms in total. The molecule has 0 unspecified atom stereocenters. The molecule has 0 saturated carbocycles. The highest BCUT2D eigenvalue weighted by molar-refractivity contribution is 14.1. The second kappa shape index (κ2) is 9.51. The second-order valence-corrected chi connectivity index (χ2v) is 8.58. The van der Waals surface area contributed by atoms with Gasteiger partial charge in [-0.25, -0.2) is 0 Å². The van der Waals surface area contributed by atoms with Crippen LogP contribution in [0.3, 0.4) is 0 Å². The van der Waals surface area contributed by atoms with Crippen LogP contribution in [0.1, 0.15) is 33.3 Å². The summed E-state index contributed by atoms with van der Waals surface area (Å²) in [4.78, 5) is 19.8. The van der Waals surface area contributed by atoms with Gasteiger partial charge in [0.15, 0.2) is 16.7 Å². The molecule has 1 aromatic rings. The van der Waals surface area contributed by atoms with Crippen molar-refractivity contribution in [3.63, 3.8) is 0 Å². The molecule has 1 heterocycles. The fraction of sp³-hybridized carbons (Fsp3) is 0.400. The molecule has 1 aliphatic rings. The Kier molecular flexibility index (Phi) is 7.62. The zero-order valence-corrected chi connectivity index (χ0v) is 19.1. The van der Waals surface area contributed by atoms with Crippen LogP contribution in [0, 0.1) is 15.9 Å². The lowest BCUT2D eigenvalue weighted by Crippen LogP contribution is -2.35. The van der Waals surface area contributed by atoms with Gasteiger partial charge in [0.25, 0.3) is 5.91 Å². The third-order valence-corrected chi connectivity index (χ3v) is 5.37. The van der Waals surface area contributed by atoms with E-state index >= 15 is 0 Å². The zero-order chi connectivity index (χ0) is 20.1. The minimum absolute atomic E-state index is 0.0315. The molecule has 144 valence electrons. The first kappa shape index (κ1) is 21.6. The highest BCUT2D eigenvalue weighted by atomic mass is 127. The molecule has 7 heteroatoms. The number of hydrogen-bond donors (Lipinski definition) is 0. The number of thioether (sulfide) groups is 1. The van der Waals surface area contributed by atoms with Crippen molar-refractivity contribution in [3.8, 4) is 23.8 Å². The normalized spacial score (nSPS) is 17.3. The average molecular weight is 498 g/mol. The topological polar surface area (TPSA) is 51.1 Å². The second-order valence-electron chi connectivity index (χ2n) is 6.41. The van der Waals surface area contributed by atoms with Crippen molar-refractivity contribution in [2.24, 2.45) is 4.99 Å². The van der Waals surface area contributed by atoms with Gasteiger partial charge in [0, 0.05) is 12.1 Å². The number of amidine groups is 1. The van der Waals surface area contributed by atoms with Crippen molar-refractivity contribution in [3.05, 3.63) is 26.2 Å². The molecule has 0 radical (unpaired) electrons. The molecule has 0 N–H and O–H groups in total. The number of methoxy groups -OCH3 is 1. The molecule has 1 fully saturated rings. The van der Waals surface area contributed by atoms with E-state index in [4.69, 9.17) is 15.9 Å². The molecule has 2 rings (SSSR count). The van der Waals surface area contributed by atoms with Crippen LogP contribution in [0.15, 0.2) is 22.0 Å². The van der Waals surface area contributed by atoms with Crippen molar-refractivity contribution in [1.82, 2.24) is 4.90 Å². The number of benzene rings is 1. The standard InChI is InChI=1S/C20H23IN2O3S/c1-7-8-26-18-15(21)9-14(10-16(18)25-6)11-17-19(24)23(13(4)5)20(27-17)22-12(2)3/h1,9-13H,8H2,2-6H3/b17-11+,22-20?. The molecular formula is C20H23IN2O3S. The van der Waals surface area contributed by atoms with Crippen LogP contribution in [0.2, 0.25) is 0 Å². The predicted molar refractivity (Wildman–Crippen MR) is 120 cm³/mol. The lowest BCUT2D eigenvalue weighted by atomic mass is 10.1. The van der Waals surface area contributed by atoms with Crippen molar-refractivity contribution >= 4 is 51.5 Å². The first-order valence-electron chi connectivity index (χ1n) is 8.53. The predicted octanol–water partition coefficient (Wildman–Crippen LogP) is 4.40. The number of halogens is 1. The van der Waals surface area contributed by atoms with Crippen LogP contribution < -0.4 is 9.47 Å². The van der Waals surface area contributed by atoms with E-state index in [0.29, 0.717) is 16.4 Å². The molecule has 1 saturated heterocycles. The van der Waals surface area contributed by atoms with Gasteiger partial charge < -0.3 is 9.47 Å². The molecular weight excluding hydrogens is 475 g/mol. The largest absolute Gasteiger partial charge is 0.493 e. The van der Waals surface area contributed by atoms with Crippen LogP contribution in [0.4, 0.5) is 0 Å². The summed E-state index contributed by atoms with van der Waals surface area (Å²) in [6.07, 6.45) is 7.13. The van der Waals surface area contributed by atoms with Gasteiger partial charge in [-0.1, -0.05) is 5.92 Å². The third kappa shape index (κ3) is 5.20. The van der Waals surface area contributed by atoms with Gasteiger partial charge in [-0.15, -0.1) is 6.42 Å². The van der Waals surface area contributed by atoms with E-state index in [-0.39, 0.29) is 24.6 Å². The van der Waals surface area contributed by atoms with Crippen molar-refractivity contribution in [1.29, 1.82) is 0 Å². The van der Waals surface area contributed by atoms with Crippen molar-refractivity contribution in [2.45, 2.75) is 39.8 Å². The van der Waals surface area contributed by atoms with Gasteiger partial charge in [0.2, 0.25) is 0 Å². The number of nitrogens with zero attached hydrogens (tertiary/aromatic N) is 2. The Bertz CT molecular complexity index is 825. The first-order chi connectivity index (χ1) is 12.8. The molecule has 27 heavy (non-hydrogen) atoms. The van der Waals surface area contributed by atoms with Crippen molar-refractivity contribution in [2.75, 3.05) is 13.7 Å². The maximum Gasteiger partial charge on any atom is 0.266 e. The zero-order valence-electron chi connectivity index (χ0n) is 16.1. The van der Waals surface area contributed by atoms with Crippen molar-refractivity contribution < 1.29 is 14.3 Å². The molecule has 0 bridgehead atoms. The molecule has 0 aromatic heterocycles. The van der Waals surface area contributed by atoms with E-state index in [9.17, 15) is 4.79 Å². The minimum atomic E-state index is -0.0315. The number of carbonyl (C=O) groups is 1. The van der Waals surface area contributed by atoms with Crippen LogP contribution in [0.25, 0.3) is 6.08 Å². The Morgan fingerprint density at radius 2 is 2.07 bits per heavy atom. The Balaban J connectivity index is 2.42. The lowest BCUT2D eigenvalue weighted by molar-refractivity contribution is -0.123. The van der Waals surface area contributed by atoms with Gasteiger partial charge in [-0.05, 0) is 85.8 Å². The summed E-state index contributed by atoms with van der Waals surface area (Å²) < 4.78 is 11.9. The number of carbonyl (C=O) groups excluding carboxylic acids is 1. The van der Waals surface area contributed by atoms with Gasteiger partial charge in [0.05, 0.1) is 15.6 Å². The number of ether oxygens (including phenoxy) is 2. The lowest BCUT2D eigenvalue weighted by Gasteiger charge is -2.20. The van der Waals surface area contributed by atoms with E-state index in [1.54, 1.807) is 12.0 Å². The summed E-state index contributed by atoms with van der Waals surface area (Å²) in [7, 11) is 1.58. The summed E-state index contributed by atoms with van der Waals surface area (Å²) in [6.45, 7) is 8.14. The molecule has 0 aliphatic carbocycles. The van der Waals surface area contributed by atoms with Gasteiger partial charge >= 0.3 is 0 Å². The Hall–Kier alpha value is -1.66. The smallest absolute Gasteiger partial charge is 0.266 e. The van der Waals surface area contributed by atoms with Gasteiger partial charge in [-0.3, -0.25) is 14.7 Å². The number of hydrogen-bond acceptors (Lipinski definition) is 5. The molecule has 1 aliphatic heterocycles. The number of rotatable bonds is 6. The Labute approximate surface area is 178 Å². The Morgan fingerprint density at radius 3 is 2.63 bits per heavy atom. The summed E-state index contributed by atoms with van der Waals surface area (Å²) >= 11 is 3.57. The van der Waals surface area contributed by atoms with Gasteiger partial charge in [0.1, 0.15) is 6.61 Å². The molecule has 1 aromatic carbocycles. The third-order valence-electron chi connectivity index (χ3n) is 3.57. The molecule has 0 spiro atoms. The fourth-order valence-corrected chi connectivity index (χ4v) is 4.50. The highest BCUT2D eigenvalue weighted by Crippen LogP contribution is 2.38. The summed E-state index contributed by atoms with van der Waals surface area (Å²) in [5.41, 5.74) is 0.856. The fourth-order valence-electron chi connectivity index (χ4n) is 2.48. The summed E-state index contributed by atoms with van der Waals surface area (Å²) in [6, 6.07) is 3.94. The Morgan fingerprint density at radius 1 is 1.37 bits per heavy atom. The monoisotopic (exact) mass is 498 g/mol. The summed E-state index contributed by atoms with van der Waals surface area (Å²) in [5.74, 6) is 3.60. The van der Waals surface area contributed by atoms with Crippen LogP contribution in [-0.2, 0) is 4.79 Å². The van der Waals surface area contributed by atoms with Crippen LogP contribution in [-0.4, -0.2) is 41.8 Å². The van der Waals surface area contributed by atoms with E-state index in [0.717, 1.165) is 14.3 Å². The number of terminal acetylenes is 1. The van der Waals surface area contributed by atoms with E-state index in [2.05, 4.69) is 33.5 Å². The maximum absolute atomic E-state index is 12.9. The SMILES string of the molecule is C#CCOc1c(I)cc(/C=C2/SC(=NC(C)C)N(C(C)C)C2=O)cc1OC. The maximum atomic E-state index is 12.9. The first-order valence-corrected chi connectivity index (χ1v) is 10.4. The quantitative estimate of drug-likeness (QED) is 0.332. The molecule has 0 atom stereocenters. The van der Waals surface area contributed by atoms with E-state index < -0.39 is 0 Å². The highest BCUT2D eigenvalue weighted by Gasteiger charge is 2.35. The van der Waals surface area contributed by atoms with E-state index in [1.165, 1.54) is 11.8 Å². The molecule has 1 amide bonds. The van der Waals surface area contributed by atoms with Crippen LogP contribution in [0.5, 0.6) is 11.5 Å².